The number of aliphatic carboxylic acids is 1. The van der Waals surface area contributed by atoms with Gasteiger partial charge in [0.25, 0.3) is 10.2 Å². The molecule has 0 spiro atoms. The summed E-state index contributed by atoms with van der Waals surface area (Å²) in [5, 5.41) is 8.41. The third kappa shape index (κ3) is 4.54. The topological polar surface area (TPSA) is 86.7 Å². The lowest BCUT2D eigenvalue weighted by atomic mass is 10.4. The van der Waals surface area contributed by atoms with Crippen molar-refractivity contribution in [3.8, 4) is 0 Å². The fourth-order valence-electron chi connectivity index (χ4n) is 0.942. The summed E-state index contributed by atoms with van der Waals surface area (Å²) in [5.74, 6) is -1.00. The van der Waals surface area contributed by atoms with Crippen molar-refractivity contribution < 1.29 is 18.3 Å². The molecule has 0 saturated carbocycles. The summed E-state index contributed by atoms with van der Waals surface area (Å²) < 4.78 is 26.2. The molecule has 84 valence electrons. The second-order valence-corrected chi connectivity index (χ2v) is 4.39. The molecule has 14 heavy (non-hydrogen) atoms. The first kappa shape index (κ1) is 13.3. The standard InChI is InChI=1S/C7H16N2O4S/c1-3-8-14(12,13)9(4-2)6-5-7(10)11/h8H,3-6H2,1-2H3,(H,10,11). The van der Waals surface area contributed by atoms with E-state index in [0.717, 1.165) is 4.31 Å². The Morgan fingerprint density at radius 3 is 2.36 bits per heavy atom. The van der Waals surface area contributed by atoms with Crippen LogP contribution in [0.5, 0.6) is 0 Å². The molecule has 0 aromatic heterocycles. The Labute approximate surface area is 84.1 Å². The van der Waals surface area contributed by atoms with E-state index in [2.05, 4.69) is 4.72 Å². The van der Waals surface area contributed by atoms with E-state index in [0.29, 0.717) is 6.54 Å². The molecule has 0 heterocycles. The molecular formula is C7H16N2O4S. The van der Waals surface area contributed by atoms with Crippen molar-refractivity contribution in [2.75, 3.05) is 19.6 Å². The van der Waals surface area contributed by atoms with Crippen molar-refractivity contribution in [1.29, 1.82) is 0 Å². The van der Waals surface area contributed by atoms with E-state index in [1.165, 1.54) is 0 Å². The van der Waals surface area contributed by atoms with Crippen LogP contribution >= 0.6 is 0 Å². The predicted molar refractivity (Wildman–Crippen MR) is 52.1 cm³/mol. The fraction of sp³-hybridized carbons (Fsp3) is 0.857. The molecule has 0 bridgehead atoms. The number of rotatable bonds is 7. The Morgan fingerprint density at radius 1 is 1.43 bits per heavy atom. The smallest absolute Gasteiger partial charge is 0.304 e. The van der Waals surface area contributed by atoms with Gasteiger partial charge in [-0.3, -0.25) is 4.79 Å². The maximum atomic E-state index is 11.4. The van der Waals surface area contributed by atoms with Crippen molar-refractivity contribution in [2.45, 2.75) is 20.3 Å². The fourth-order valence-corrected chi connectivity index (χ4v) is 2.16. The highest BCUT2D eigenvalue weighted by Gasteiger charge is 2.19. The van der Waals surface area contributed by atoms with Crippen molar-refractivity contribution in [3.05, 3.63) is 0 Å². The zero-order valence-electron chi connectivity index (χ0n) is 8.36. The minimum atomic E-state index is -3.50. The predicted octanol–water partition coefficient (Wildman–Crippen LogP) is -0.363. The number of carboxylic acid groups (broad SMARTS) is 1. The molecule has 2 N–H and O–H groups in total. The average molecular weight is 224 g/mol. The molecular weight excluding hydrogens is 208 g/mol. The van der Waals surface area contributed by atoms with Gasteiger partial charge in [-0.2, -0.15) is 12.7 Å². The second-order valence-electron chi connectivity index (χ2n) is 2.64. The third-order valence-electron chi connectivity index (χ3n) is 1.59. The summed E-state index contributed by atoms with van der Waals surface area (Å²) in [4.78, 5) is 10.3. The Kier molecular flexibility index (Phi) is 5.66. The molecule has 0 amide bonds. The van der Waals surface area contributed by atoms with Gasteiger partial charge < -0.3 is 5.11 Å². The van der Waals surface area contributed by atoms with Crippen LogP contribution in [0.3, 0.4) is 0 Å². The van der Waals surface area contributed by atoms with E-state index < -0.39 is 16.2 Å². The molecule has 6 nitrogen and oxygen atoms in total. The van der Waals surface area contributed by atoms with Crippen molar-refractivity contribution in [1.82, 2.24) is 9.03 Å². The van der Waals surface area contributed by atoms with Crippen LogP contribution in [0.4, 0.5) is 0 Å². The largest absolute Gasteiger partial charge is 0.481 e. The lowest BCUT2D eigenvalue weighted by Gasteiger charge is -2.19. The molecule has 0 aromatic carbocycles. The molecule has 0 radical (unpaired) electrons. The normalized spacial score (nSPS) is 11.9. The first-order valence-corrected chi connectivity index (χ1v) is 5.84. The quantitative estimate of drug-likeness (QED) is 0.618. The summed E-state index contributed by atoms with van der Waals surface area (Å²) in [6.07, 6.45) is -0.182. The SMILES string of the molecule is CCNS(=O)(=O)N(CC)CCC(=O)O. The van der Waals surface area contributed by atoms with Gasteiger partial charge >= 0.3 is 5.97 Å². The summed E-state index contributed by atoms with van der Waals surface area (Å²) >= 11 is 0. The highest BCUT2D eigenvalue weighted by molar-refractivity contribution is 7.87. The molecule has 7 heteroatoms. The van der Waals surface area contributed by atoms with Gasteiger partial charge in [0.15, 0.2) is 0 Å². The number of carbonyl (C=O) groups is 1. The number of nitrogens with one attached hydrogen (secondary N) is 1. The Hall–Kier alpha value is -0.660. The maximum Gasteiger partial charge on any atom is 0.304 e. The summed E-state index contributed by atoms with van der Waals surface area (Å²) in [7, 11) is -3.50. The number of hydrogen-bond donors (Lipinski definition) is 2. The summed E-state index contributed by atoms with van der Waals surface area (Å²) in [5.41, 5.74) is 0. The van der Waals surface area contributed by atoms with Gasteiger partial charge in [-0.1, -0.05) is 13.8 Å². The molecule has 0 rings (SSSR count). The number of nitrogens with zero attached hydrogens (tertiary/aromatic N) is 1. The van der Waals surface area contributed by atoms with E-state index in [1.807, 2.05) is 0 Å². The van der Waals surface area contributed by atoms with E-state index >= 15 is 0 Å². The zero-order valence-corrected chi connectivity index (χ0v) is 9.17. The lowest BCUT2D eigenvalue weighted by Crippen LogP contribution is -2.41. The summed E-state index contributed by atoms with van der Waals surface area (Å²) in [6.45, 7) is 3.90. The van der Waals surface area contributed by atoms with Crippen LogP contribution in [0.2, 0.25) is 0 Å². The Bertz CT molecular complexity index is 275. The number of hydrogen-bond acceptors (Lipinski definition) is 3. The highest BCUT2D eigenvalue weighted by Crippen LogP contribution is 1.98. The van der Waals surface area contributed by atoms with Gasteiger partial charge in [0, 0.05) is 19.6 Å². The van der Waals surface area contributed by atoms with Crippen molar-refractivity contribution in [3.63, 3.8) is 0 Å². The minimum absolute atomic E-state index is 0.00116. The van der Waals surface area contributed by atoms with Crippen LogP contribution in [0.15, 0.2) is 0 Å². The highest BCUT2D eigenvalue weighted by atomic mass is 32.2. The van der Waals surface area contributed by atoms with Crippen LogP contribution in [0.1, 0.15) is 20.3 Å². The van der Waals surface area contributed by atoms with E-state index in [4.69, 9.17) is 5.11 Å². The van der Waals surface area contributed by atoms with Crippen molar-refractivity contribution >= 4 is 16.2 Å². The molecule has 0 aromatic rings. The first-order chi connectivity index (χ1) is 6.44. The van der Waals surface area contributed by atoms with Gasteiger partial charge in [0.05, 0.1) is 6.42 Å². The number of carboxylic acids is 1. The molecule has 0 saturated heterocycles. The van der Waals surface area contributed by atoms with E-state index in [9.17, 15) is 13.2 Å². The van der Waals surface area contributed by atoms with Gasteiger partial charge in [0.1, 0.15) is 0 Å². The van der Waals surface area contributed by atoms with E-state index in [-0.39, 0.29) is 19.5 Å². The van der Waals surface area contributed by atoms with E-state index in [1.54, 1.807) is 13.8 Å². The van der Waals surface area contributed by atoms with Crippen LogP contribution in [0, 0.1) is 0 Å². The lowest BCUT2D eigenvalue weighted by molar-refractivity contribution is -0.137. The van der Waals surface area contributed by atoms with Gasteiger partial charge in [-0.25, -0.2) is 4.72 Å². The van der Waals surface area contributed by atoms with Crippen LogP contribution < -0.4 is 4.72 Å². The van der Waals surface area contributed by atoms with Gasteiger partial charge in [-0.15, -0.1) is 0 Å². The molecule has 0 atom stereocenters. The average Bonchev–Trinajstić information content (AvgIpc) is 2.03. The van der Waals surface area contributed by atoms with Crippen LogP contribution in [0.25, 0.3) is 0 Å². The maximum absolute atomic E-state index is 11.4. The molecule has 0 fully saturated rings. The minimum Gasteiger partial charge on any atom is -0.481 e. The second kappa shape index (κ2) is 5.94. The molecule has 0 aliphatic carbocycles. The first-order valence-electron chi connectivity index (χ1n) is 4.40. The monoisotopic (exact) mass is 224 g/mol. The zero-order chi connectivity index (χ0) is 11.2. The van der Waals surface area contributed by atoms with Gasteiger partial charge in [-0.05, 0) is 0 Å². The summed E-state index contributed by atoms with van der Waals surface area (Å²) in [6, 6.07) is 0. The Morgan fingerprint density at radius 2 is 2.00 bits per heavy atom. The third-order valence-corrected chi connectivity index (χ3v) is 3.37. The van der Waals surface area contributed by atoms with Gasteiger partial charge in [0.2, 0.25) is 0 Å². The van der Waals surface area contributed by atoms with Crippen LogP contribution in [-0.2, 0) is 15.0 Å². The molecule has 0 unspecified atom stereocenters. The van der Waals surface area contributed by atoms with Crippen LogP contribution in [-0.4, -0.2) is 43.4 Å². The Balaban J connectivity index is 4.32. The van der Waals surface area contributed by atoms with Crippen molar-refractivity contribution in [2.24, 2.45) is 0 Å². The molecule has 0 aliphatic heterocycles. The molecule has 0 aliphatic rings.